The number of esters is 1. The SMILES string of the molecule is [C-]#[N+]c1ccc(OC)c(F)c1CNC(=O)c1cn(Cc2cn3cc(C4CC4)cc(CCC(=O)OCC)c3n2)nn1. The first-order chi connectivity index (χ1) is 19.4. The van der Waals surface area contributed by atoms with Gasteiger partial charge in [-0.25, -0.2) is 18.9 Å². The number of imidazole rings is 1. The Bertz CT molecular complexity index is 1620. The Morgan fingerprint density at radius 3 is 2.80 bits per heavy atom. The molecule has 1 amide bonds. The lowest BCUT2D eigenvalue weighted by Gasteiger charge is -2.10. The van der Waals surface area contributed by atoms with Crippen LogP contribution in [0.25, 0.3) is 10.5 Å². The number of halogens is 1. The molecule has 3 aromatic heterocycles. The number of methoxy groups -OCH3 is 1. The van der Waals surface area contributed by atoms with Crippen molar-refractivity contribution in [2.24, 2.45) is 0 Å². The summed E-state index contributed by atoms with van der Waals surface area (Å²) in [6.45, 7) is 9.46. The third kappa shape index (κ3) is 5.78. The largest absolute Gasteiger partial charge is 0.494 e. The second-order valence-corrected chi connectivity index (χ2v) is 9.52. The van der Waals surface area contributed by atoms with Gasteiger partial charge in [-0.05, 0) is 49.3 Å². The zero-order valence-corrected chi connectivity index (χ0v) is 22.2. The van der Waals surface area contributed by atoms with Crippen LogP contribution in [0.5, 0.6) is 5.75 Å². The first-order valence-electron chi connectivity index (χ1n) is 13.0. The molecule has 12 heteroatoms. The smallest absolute Gasteiger partial charge is 0.306 e. The lowest BCUT2D eigenvalue weighted by atomic mass is 10.1. The molecule has 0 atom stereocenters. The number of rotatable bonds is 11. The number of pyridine rings is 1. The van der Waals surface area contributed by atoms with E-state index in [1.54, 1.807) is 6.92 Å². The monoisotopic (exact) mass is 545 g/mol. The summed E-state index contributed by atoms with van der Waals surface area (Å²) in [6, 6.07) is 4.94. The van der Waals surface area contributed by atoms with Gasteiger partial charge >= 0.3 is 5.97 Å². The minimum atomic E-state index is -0.696. The summed E-state index contributed by atoms with van der Waals surface area (Å²) >= 11 is 0. The molecule has 1 fully saturated rings. The van der Waals surface area contributed by atoms with Crippen molar-refractivity contribution in [3.63, 3.8) is 0 Å². The quantitative estimate of drug-likeness (QED) is 0.224. The normalized spacial score (nSPS) is 12.8. The maximum Gasteiger partial charge on any atom is 0.306 e. The summed E-state index contributed by atoms with van der Waals surface area (Å²) in [5.41, 5.74) is 3.84. The maximum atomic E-state index is 14.6. The molecule has 1 saturated carbocycles. The van der Waals surface area contributed by atoms with Gasteiger partial charge in [-0.3, -0.25) is 9.59 Å². The minimum Gasteiger partial charge on any atom is -0.494 e. The van der Waals surface area contributed by atoms with Crippen LogP contribution in [0.2, 0.25) is 0 Å². The van der Waals surface area contributed by atoms with Crippen LogP contribution in [-0.4, -0.2) is 50.0 Å². The van der Waals surface area contributed by atoms with Gasteiger partial charge in [0.05, 0.1) is 38.7 Å². The second kappa shape index (κ2) is 11.5. The molecule has 11 nitrogen and oxygen atoms in total. The predicted octanol–water partition coefficient (Wildman–Crippen LogP) is 3.98. The van der Waals surface area contributed by atoms with E-state index in [9.17, 15) is 14.0 Å². The number of carbonyl (C=O) groups excluding carboxylic acids is 2. The van der Waals surface area contributed by atoms with Crippen molar-refractivity contribution in [2.75, 3.05) is 13.7 Å². The summed E-state index contributed by atoms with van der Waals surface area (Å²) in [7, 11) is 1.33. The average molecular weight is 546 g/mol. The van der Waals surface area contributed by atoms with Crippen molar-refractivity contribution in [1.29, 1.82) is 0 Å². The number of benzene rings is 1. The van der Waals surface area contributed by atoms with E-state index < -0.39 is 11.7 Å². The Hall–Kier alpha value is -4.79. The Kier molecular flexibility index (Phi) is 7.72. The van der Waals surface area contributed by atoms with E-state index in [0.717, 1.165) is 24.1 Å². The number of nitrogens with zero attached hydrogens (tertiary/aromatic N) is 6. The third-order valence-electron chi connectivity index (χ3n) is 6.70. The number of carbonyl (C=O) groups is 2. The predicted molar refractivity (Wildman–Crippen MR) is 142 cm³/mol. The van der Waals surface area contributed by atoms with Crippen LogP contribution in [0, 0.1) is 12.4 Å². The molecule has 0 unspecified atom stereocenters. The molecule has 0 spiro atoms. The number of amides is 1. The maximum absolute atomic E-state index is 14.6. The molecule has 1 aliphatic rings. The second-order valence-electron chi connectivity index (χ2n) is 9.52. The van der Waals surface area contributed by atoms with Crippen molar-refractivity contribution in [3.05, 3.63) is 82.1 Å². The van der Waals surface area contributed by atoms with E-state index in [4.69, 9.17) is 21.0 Å². The molecule has 0 aliphatic heterocycles. The Morgan fingerprint density at radius 1 is 1.25 bits per heavy atom. The van der Waals surface area contributed by atoms with Crippen LogP contribution < -0.4 is 10.1 Å². The summed E-state index contributed by atoms with van der Waals surface area (Å²) in [6.07, 6.45) is 8.57. The fourth-order valence-corrected chi connectivity index (χ4v) is 4.54. The molecule has 0 radical (unpaired) electrons. The van der Waals surface area contributed by atoms with Crippen molar-refractivity contribution >= 4 is 23.2 Å². The van der Waals surface area contributed by atoms with Crippen LogP contribution in [0.4, 0.5) is 10.1 Å². The van der Waals surface area contributed by atoms with Gasteiger partial charge < -0.3 is 19.2 Å². The van der Waals surface area contributed by atoms with Gasteiger partial charge in [-0.1, -0.05) is 17.3 Å². The van der Waals surface area contributed by atoms with Gasteiger partial charge in [0.1, 0.15) is 5.65 Å². The zero-order valence-electron chi connectivity index (χ0n) is 22.2. The molecule has 1 aromatic carbocycles. The highest BCUT2D eigenvalue weighted by molar-refractivity contribution is 5.91. The first-order valence-corrected chi connectivity index (χ1v) is 13.0. The minimum absolute atomic E-state index is 0.0108. The van der Waals surface area contributed by atoms with E-state index in [0.29, 0.717) is 24.6 Å². The molecular weight excluding hydrogens is 517 g/mol. The number of aryl methyl sites for hydroxylation is 1. The van der Waals surface area contributed by atoms with Crippen LogP contribution in [0.1, 0.15) is 65.0 Å². The van der Waals surface area contributed by atoms with Crippen LogP contribution >= 0.6 is 0 Å². The highest BCUT2D eigenvalue weighted by atomic mass is 19.1. The summed E-state index contributed by atoms with van der Waals surface area (Å²) < 4.78 is 28.2. The molecule has 1 aliphatic carbocycles. The highest BCUT2D eigenvalue weighted by Gasteiger charge is 2.25. The van der Waals surface area contributed by atoms with Crippen LogP contribution in [0.3, 0.4) is 0 Å². The van der Waals surface area contributed by atoms with Gasteiger partial charge in [0.2, 0.25) is 0 Å². The molecule has 0 saturated heterocycles. The number of ether oxygens (including phenoxy) is 2. The fourth-order valence-electron chi connectivity index (χ4n) is 4.54. The topological polar surface area (TPSA) is 117 Å². The highest BCUT2D eigenvalue weighted by Crippen LogP contribution is 2.40. The van der Waals surface area contributed by atoms with Gasteiger partial charge in [0, 0.05) is 30.9 Å². The Balaban J connectivity index is 1.29. The number of hydrogen-bond acceptors (Lipinski definition) is 7. The van der Waals surface area contributed by atoms with Crippen molar-refractivity contribution in [1.82, 2.24) is 29.7 Å². The molecule has 3 heterocycles. The lowest BCUT2D eigenvalue weighted by molar-refractivity contribution is -0.143. The molecule has 0 bridgehead atoms. The molecule has 40 heavy (non-hydrogen) atoms. The van der Waals surface area contributed by atoms with Crippen molar-refractivity contribution in [2.45, 2.75) is 51.6 Å². The lowest BCUT2D eigenvalue weighted by Crippen LogP contribution is -2.24. The third-order valence-corrected chi connectivity index (χ3v) is 6.70. The number of hydrogen-bond donors (Lipinski definition) is 1. The number of aromatic nitrogens is 5. The van der Waals surface area contributed by atoms with Gasteiger partial charge in [0.25, 0.3) is 5.91 Å². The molecule has 4 aromatic rings. The van der Waals surface area contributed by atoms with Gasteiger partial charge in [0.15, 0.2) is 22.9 Å². The standard InChI is InChI=1S/C28H28FN7O4/c1-4-40-25(37)10-7-18-11-19(17-5-6-17)13-35-14-20(32-27(18)35)15-36-16-23(33-34-36)28(38)31-12-21-22(30-2)8-9-24(39-3)26(21)29/h8-9,11,13-14,16-17H,4-7,10,12,15H2,1,3H3,(H,31,38). The average Bonchev–Trinajstić information content (AvgIpc) is 3.56. The first kappa shape index (κ1) is 26.8. The zero-order chi connectivity index (χ0) is 28.2. The van der Waals surface area contributed by atoms with Crippen LogP contribution in [0.15, 0.2) is 36.8 Å². The fraction of sp³-hybridized carbons (Fsp3) is 0.357. The summed E-state index contributed by atoms with van der Waals surface area (Å²) in [5.74, 6) is -0.974. The van der Waals surface area contributed by atoms with E-state index in [2.05, 4.69) is 32.7 Å². The Labute approximate surface area is 229 Å². The van der Waals surface area contributed by atoms with Crippen LogP contribution in [-0.2, 0) is 29.0 Å². The van der Waals surface area contributed by atoms with E-state index in [-0.39, 0.29) is 48.2 Å². The summed E-state index contributed by atoms with van der Waals surface area (Å²) in [5, 5.41) is 10.6. The summed E-state index contributed by atoms with van der Waals surface area (Å²) in [4.78, 5) is 32.7. The Morgan fingerprint density at radius 2 is 2.08 bits per heavy atom. The van der Waals surface area contributed by atoms with E-state index in [1.165, 1.54) is 35.7 Å². The number of fused-ring (bicyclic) bond motifs is 1. The molecule has 1 N–H and O–H groups in total. The van der Waals surface area contributed by atoms with E-state index in [1.807, 2.05) is 10.6 Å². The van der Waals surface area contributed by atoms with Crippen molar-refractivity contribution < 1.29 is 23.5 Å². The van der Waals surface area contributed by atoms with Gasteiger partial charge in [-0.15, -0.1) is 5.10 Å². The van der Waals surface area contributed by atoms with Gasteiger partial charge in [-0.2, -0.15) is 0 Å². The van der Waals surface area contributed by atoms with E-state index >= 15 is 0 Å². The number of nitrogens with one attached hydrogen (secondary N) is 1. The molecule has 206 valence electrons. The molecular formula is C28H28FN7O4. The van der Waals surface area contributed by atoms with Crippen molar-refractivity contribution in [3.8, 4) is 5.75 Å². The molecule has 5 rings (SSSR count).